The van der Waals surface area contributed by atoms with Crippen molar-refractivity contribution < 1.29 is 10.2 Å². The predicted molar refractivity (Wildman–Crippen MR) is 66.5 cm³/mol. The van der Waals surface area contributed by atoms with Crippen LogP contribution >= 0.6 is 0 Å². The van der Waals surface area contributed by atoms with E-state index in [1.54, 1.807) is 6.20 Å². The molecule has 0 spiro atoms. The molecule has 3 nitrogen and oxygen atoms in total. The fourth-order valence-corrected chi connectivity index (χ4v) is 2.58. The lowest BCUT2D eigenvalue weighted by atomic mass is 9.82. The van der Waals surface area contributed by atoms with Gasteiger partial charge < -0.3 is 10.2 Å². The maximum Gasteiger partial charge on any atom is 0.107 e. The molecule has 1 fully saturated rings. The van der Waals surface area contributed by atoms with Crippen LogP contribution in [0.4, 0.5) is 0 Å². The minimum absolute atomic E-state index is 0.236. The number of pyridine rings is 1. The van der Waals surface area contributed by atoms with Gasteiger partial charge in [-0.15, -0.1) is 0 Å². The summed E-state index contributed by atoms with van der Waals surface area (Å²) in [6.45, 7) is 1.91. The highest BCUT2D eigenvalue weighted by Crippen LogP contribution is 2.32. The number of aryl methyl sites for hydroxylation is 1. The van der Waals surface area contributed by atoms with Gasteiger partial charge in [-0.05, 0) is 31.7 Å². The van der Waals surface area contributed by atoms with Gasteiger partial charge in [0.15, 0.2) is 0 Å². The highest BCUT2D eigenvalue weighted by Gasteiger charge is 2.28. The molecule has 0 aliphatic heterocycles. The summed E-state index contributed by atoms with van der Waals surface area (Å²) in [5, 5.41) is 20.3. The van der Waals surface area contributed by atoms with Crippen molar-refractivity contribution in [2.24, 2.45) is 5.92 Å². The van der Waals surface area contributed by atoms with Gasteiger partial charge >= 0.3 is 0 Å². The van der Waals surface area contributed by atoms with Crippen molar-refractivity contribution in [3.63, 3.8) is 0 Å². The SMILES string of the molecule is Cc1ccc(C(O)C(O)C2CCCCC2)cn1. The van der Waals surface area contributed by atoms with E-state index in [4.69, 9.17) is 0 Å². The van der Waals surface area contributed by atoms with Gasteiger partial charge in [-0.2, -0.15) is 0 Å². The van der Waals surface area contributed by atoms with E-state index in [1.807, 2.05) is 19.1 Å². The Kier molecular flexibility index (Phi) is 4.13. The zero-order valence-corrected chi connectivity index (χ0v) is 10.3. The van der Waals surface area contributed by atoms with Crippen molar-refractivity contribution in [1.82, 2.24) is 4.98 Å². The fourth-order valence-electron chi connectivity index (χ4n) is 2.58. The van der Waals surface area contributed by atoms with Crippen LogP contribution in [0.5, 0.6) is 0 Å². The Morgan fingerprint density at radius 3 is 2.47 bits per heavy atom. The summed E-state index contributed by atoms with van der Waals surface area (Å²) in [4.78, 5) is 4.16. The largest absolute Gasteiger partial charge is 0.390 e. The molecular formula is C14H21NO2. The number of rotatable bonds is 3. The molecule has 1 aliphatic rings. The lowest BCUT2D eigenvalue weighted by molar-refractivity contribution is -0.0287. The molecule has 0 aromatic carbocycles. The molecule has 0 radical (unpaired) electrons. The van der Waals surface area contributed by atoms with Crippen LogP contribution in [0.15, 0.2) is 18.3 Å². The summed E-state index contributed by atoms with van der Waals surface area (Å²) >= 11 is 0. The molecule has 2 atom stereocenters. The quantitative estimate of drug-likeness (QED) is 0.845. The Hall–Kier alpha value is -0.930. The van der Waals surface area contributed by atoms with Gasteiger partial charge in [0.25, 0.3) is 0 Å². The topological polar surface area (TPSA) is 53.4 Å². The summed E-state index contributed by atoms with van der Waals surface area (Å²) < 4.78 is 0. The molecule has 1 saturated carbocycles. The first-order valence-electron chi connectivity index (χ1n) is 6.47. The van der Waals surface area contributed by atoms with Crippen LogP contribution in [-0.4, -0.2) is 21.3 Å². The number of nitrogens with zero attached hydrogens (tertiary/aromatic N) is 1. The smallest absolute Gasteiger partial charge is 0.107 e. The fraction of sp³-hybridized carbons (Fsp3) is 0.643. The van der Waals surface area contributed by atoms with E-state index in [-0.39, 0.29) is 5.92 Å². The Bertz CT molecular complexity index is 344. The molecule has 0 amide bonds. The standard InChI is InChI=1S/C14H21NO2/c1-10-7-8-12(9-15-10)14(17)13(16)11-5-3-2-4-6-11/h7-9,11,13-14,16-17H,2-6H2,1H3. The molecule has 1 aliphatic carbocycles. The summed E-state index contributed by atoms with van der Waals surface area (Å²) in [6.07, 6.45) is 5.85. The second-order valence-corrected chi connectivity index (χ2v) is 5.07. The van der Waals surface area contributed by atoms with E-state index in [0.717, 1.165) is 18.5 Å². The maximum atomic E-state index is 10.2. The van der Waals surface area contributed by atoms with E-state index in [2.05, 4.69) is 4.98 Å². The third-order valence-electron chi connectivity index (χ3n) is 3.73. The van der Waals surface area contributed by atoms with Crippen LogP contribution in [0.25, 0.3) is 0 Å². The van der Waals surface area contributed by atoms with Crippen LogP contribution in [0.2, 0.25) is 0 Å². The number of aromatic nitrogens is 1. The first kappa shape index (κ1) is 12.5. The molecule has 2 N–H and O–H groups in total. The third kappa shape index (κ3) is 3.05. The third-order valence-corrected chi connectivity index (χ3v) is 3.73. The average Bonchev–Trinajstić information content (AvgIpc) is 2.39. The molecule has 2 unspecified atom stereocenters. The normalized spacial score (nSPS) is 21.1. The summed E-state index contributed by atoms with van der Waals surface area (Å²) in [5.74, 6) is 0.236. The van der Waals surface area contributed by atoms with Crippen LogP contribution in [-0.2, 0) is 0 Å². The molecule has 17 heavy (non-hydrogen) atoms. The zero-order valence-electron chi connectivity index (χ0n) is 10.3. The highest BCUT2D eigenvalue weighted by molar-refractivity contribution is 5.17. The Balaban J connectivity index is 2.02. The summed E-state index contributed by atoms with van der Waals surface area (Å²) in [5.41, 5.74) is 1.64. The van der Waals surface area contributed by atoms with Gasteiger partial charge in [-0.1, -0.05) is 25.3 Å². The van der Waals surface area contributed by atoms with E-state index >= 15 is 0 Å². The molecule has 0 bridgehead atoms. The van der Waals surface area contributed by atoms with Crippen molar-refractivity contribution in [3.8, 4) is 0 Å². The first-order chi connectivity index (χ1) is 8.18. The second-order valence-electron chi connectivity index (χ2n) is 5.07. The number of hydrogen-bond donors (Lipinski definition) is 2. The maximum absolute atomic E-state index is 10.2. The predicted octanol–water partition coefficient (Wildman–Crippen LogP) is 2.36. The average molecular weight is 235 g/mol. The van der Waals surface area contributed by atoms with Gasteiger partial charge in [0.05, 0.1) is 6.10 Å². The molecule has 0 saturated heterocycles. The minimum atomic E-state index is -0.800. The summed E-state index contributed by atoms with van der Waals surface area (Å²) in [6, 6.07) is 3.71. The molecule has 2 rings (SSSR count). The van der Waals surface area contributed by atoms with Crippen LogP contribution in [0.1, 0.15) is 49.5 Å². The first-order valence-corrected chi connectivity index (χ1v) is 6.47. The number of aliphatic hydroxyl groups excluding tert-OH is 2. The molecule has 3 heteroatoms. The van der Waals surface area contributed by atoms with Gasteiger partial charge in [-0.25, -0.2) is 0 Å². The number of hydrogen-bond acceptors (Lipinski definition) is 3. The molecule has 94 valence electrons. The van der Waals surface area contributed by atoms with Crippen molar-refractivity contribution >= 4 is 0 Å². The molecule has 1 aromatic heterocycles. The Morgan fingerprint density at radius 1 is 1.18 bits per heavy atom. The van der Waals surface area contributed by atoms with Gasteiger partial charge in [0.1, 0.15) is 6.10 Å². The Labute approximate surface area is 103 Å². The molecular weight excluding hydrogens is 214 g/mol. The van der Waals surface area contributed by atoms with Crippen molar-refractivity contribution in [2.75, 3.05) is 0 Å². The van der Waals surface area contributed by atoms with Crippen LogP contribution in [0.3, 0.4) is 0 Å². The second kappa shape index (κ2) is 5.61. The van der Waals surface area contributed by atoms with Crippen molar-refractivity contribution in [2.45, 2.75) is 51.2 Å². The van der Waals surface area contributed by atoms with E-state index < -0.39 is 12.2 Å². The zero-order chi connectivity index (χ0) is 12.3. The van der Waals surface area contributed by atoms with Crippen LogP contribution < -0.4 is 0 Å². The summed E-state index contributed by atoms with van der Waals surface area (Å²) in [7, 11) is 0. The van der Waals surface area contributed by atoms with Gasteiger partial charge in [0.2, 0.25) is 0 Å². The van der Waals surface area contributed by atoms with Crippen molar-refractivity contribution in [1.29, 1.82) is 0 Å². The van der Waals surface area contributed by atoms with Gasteiger partial charge in [0, 0.05) is 17.5 Å². The number of aliphatic hydroxyl groups is 2. The van der Waals surface area contributed by atoms with Gasteiger partial charge in [-0.3, -0.25) is 4.98 Å². The lowest BCUT2D eigenvalue weighted by Gasteiger charge is -2.29. The molecule has 1 aromatic rings. The van der Waals surface area contributed by atoms with E-state index in [1.165, 1.54) is 19.3 Å². The Morgan fingerprint density at radius 2 is 1.88 bits per heavy atom. The minimum Gasteiger partial charge on any atom is -0.390 e. The van der Waals surface area contributed by atoms with Crippen LogP contribution in [0, 0.1) is 12.8 Å². The van der Waals surface area contributed by atoms with E-state index in [0.29, 0.717) is 5.56 Å². The lowest BCUT2D eigenvalue weighted by Crippen LogP contribution is -2.29. The van der Waals surface area contributed by atoms with Crippen molar-refractivity contribution in [3.05, 3.63) is 29.6 Å². The monoisotopic (exact) mass is 235 g/mol. The van der Waals surface area contributed by atoms with E-state index in [9.17, 15) is 10.2 Å². The highest BCUT2D eigenvalue weighted by atomic mass is 16.3. The molecule has 1 heterocycles.